The van der Waals surface area contributed by atoms with E-state index in [2.05, 4.69) is 0 Å². The highest BCUT2D eigenvalue weighted by Crippen LogP contribution is 2.22. The van der Waals surface area contributed by atoms with Gasteiger partial charge in [0.25, 0.3) is 5.56 Å². The van der Waals surface area contributed by atoms with Crippen LogP contribution in [0.2, 0.25) is 0 Å². The van der Waals surface area contributed by atoms with Crippen molar-refractivity contribution >= 4 is 16.0 Å². The van der Waals surface area contributed by atoms with Gasteiger partial charge in [-0.25, -0.2) is 18.0 Å². The molecular formula is C19H25N3O6S. The second-order valence-electron chi connectivity index (χ2n) is 6.52. The van der Waals surface area contributed by atoms with E-state index in [9.17, 15) is 22.8 Å². The van der Waals surface area contributed by atoms with Crippen molar-refractivity contribution in [1.29, 1.82) is 0 Å². The molecule has 0 aliphatic rings. The van der Waals surface area contributed by atoms with E-state index in [0.29, 0.717) is 18.7 Å². The zero-order chi connectivity index (χ0) is 21.9. The summed E-state index contributed by atoms with van der Waals surface area (Å²) >= 11 is 0. The SMILES string of the molecule is CCN(CC)S(=O)(=O)c1cc(C(=O)OCc2cc(=O)n(C)c(=O)n2C)ccc1C. The van der Waals surface area contributed by atoms with Gasteiger partial charge in [-0.05, 0) is 24.6 Å². The number of carbonyl (C=O) groups is 1. The standard InChI is InChI=1S/C19H25N3O6S/c1-6-22(7-2)29(26,27)16-10-14(9-8-13(16)3)18(24)28-12-15-11-17(23)21(5)19(25)20(15)4/h8-11H,6-7,12H2,1-5H3. The first-order chi connectivity index (χ1) is 13.5. The number of aryl methyl sites for hydroxylation is 1. The fraction of sp³-hybridized carbons (Fsp3) is 0.421. The molecule has 0 amide bonds. The zero-order valence-corrected chi connectivity index (χ0v) is 17.9. The molecule has 2 aromatic rings. The van der Waals surface area contributed by atoms with E-state index in [1.165, 1.54) is 41.2 Å². The lowest BCUT2D eigenvalue weighted by Crippen LogP contribution is -2.38. The van der Waals surface area contributed by atoms with Crippen LogP contribution in [0.4, 0.5) is 0 Å². The Morgan fingerprint density at radius 3 is 2.28 bits per heavy atom. The van der Waals surface area contributed by atoms with Crippen LogP contribution in [0, 0.1) is 6.92 Å². The number of hydrogen-bond donors (Lipinski definition) is 0. The molecule has 0 bridgehead atoms. The summed E-state index contributed by atoms with van der Waals surface area (Å²) in [5.41, 5.74) is -0.235. The van der Waals surface area contributed by atoms with E-state index in [1.54, 1.807) is 26.8 Å². The van der Waals surface area contributed by atoms with Crippen molar-refractivity contribution in [3.05, 3.63) is 61.9 Å². The molecule has 9 nitrogen and oxygen atoms in total. The summed E-state index contributed by atoms with van der Waals surface area (Å²) in [6.45, 7) is 5.45. The van der Waals surface area contributed by atoms with E-state index in [0.717, 1.165) is 4.57 Å². The van der Waals surface area contributed by atoms with Gasteiger partial charge in [-0.1, -0.05) is 19.9 Å². The Kier molecular flexibility index (Phi) is 6.81. The molecule has 1 heterocycles. The maximum absolute atomic E-state index is 12.8. The normalized spacial score (nSPS) is 11.7. The quantitative estimate of drug-likeness (QED) is 0.609. The number of sulfonamides is 1. The fourth-order valence-corrected chi connectivity index (χ4v) is 4.56. The van der Waals surface area contributed by atoms with Crippen molar-refractivity contribution < 1.29 is 17.9 Å². The van der Waals surface area contributed by atoms with Gasteiger partial charge in [0.1, 0.15) is 6.61 Å². The largest absolute Gasteiger partial charge is 0.456 e. The van der Waals surface area contributed by atoms with Crippen LogP contribution in [0.5, 0.6) is 0 Å². The van der Waals surface area contributed by atoms with E-state index in [-0.39, 0.29) is 22.8 Å². The second kappa shape index (κ2) is 8.75. The molecule has 29 heavy (non-hydrogen) atoms. The maximum Gasteiger partial charge on any atom is 0.338 e. The third-order valence-corrected chi connectivity index (χ3v) is 6.92. The fourth-order valence-electron chi connectivity index (χ4n) is 2.85. The minimum absolute atomic E-state index is 0.0385. The lowest BCUT2D eigenvalue weighted by Gasteiger charge is -2.20. The summed E-state index contributed by atoms with van der Waals surface area (Å²) in [4.78, 5) is 36.2. The Morgan fingerprint density at radius 1 is 1.07 bits per heavy atom. The zero-order valence-electron chi connectivity index (χ0n) is 17.1. The molecule has 2 rings (SSSR count). The molecule has 1 aromatic heterocycles. The smallest absolute Gasteiger partial charge is 0.338 e. The number of rotatable bonds is 7. The number of hydrogen-bond acceptors (Lipinski definition) is 6. The van der Waals surface area contributed by atoms with Gasteiger partial charge in [0.05, 0.1) is 16.2 Å². The van der Waals surface area contributed by atoms with Gasteiger partial charge < -0.3 is 4.74 Å². The molecule has 10 heteroatoms. The number of esters is 1. The van der Waals surface area contributed by atoms with Crippen LogP contribution in [-0.2, 0) is 35.5 Å². The molecule has 0 unspecified atom stereocenters. The number of aromatic nitrogens is 2. The molecule has 0 aliphatic carbocycles. The van der Waals surface area contributed by atoms with Gasteiger partial charge in [-0.2, -0.15) is 4.31 Å². The summed E-state index contributed by atoms with van der Waals surface area (Å²) in [5, 5.41) is 0. The van der Waals surface area contributed by atoms with Crippen LogP contribution in [0.15, 0.2) is 38.8 Å². The first-order valence-corrected chi connectivity index (χ1v) is 10.5. The molecule has 0 fully saturated rings. The molecule has 158 valence electrons. The van der Waals surface area contributed by atoms with Gasteiger partial charge >= 0.3 is 11.7 Å². The van der Waals surface area contributed by atoms with Gasteiger partial charge in [0, 0.05) is 33.3 Å². The Balaban J connectivity index is 2.32. The van der Waals surface area contributed by atoms with Gasteiger partial charge in [0.15, 0.2) is 0 Å². The topological polar surface area (TPSA) is 108 Å². The van der Waals surface area contributed by atoms with E-state index >= 15 is 0 Å². The van der Waals surface area contributed by atoms with Crippen LogP contribution in [-0.4, -0.2) is 40.9 Å². The molecule has 0 aliphatic heterocycles. The monoisotopic (exact) mass is 423 g/mol. The number of ether oxygens (including phenoxy) is 1. The molecule has 0 spiro atoms. The summed E-state index contributed by atoms with van der Waals surface area (Å²) in [7, 11) is -0.926. The molecule has 1 aromatic carbocycles. The Hall–Kier alpha value is -2.72. The predicted molar refractivity (Wildman–Crippen MR) is 107 cm³/mol. The Morgan fingerprint density at radius 2 is 1.69 bits per heavy atom. The Bertz CT molecular complexity index is 1140. The molecule has 0 saturated heterocycles. The number of nitrogens with zero attached hydrogens (tertiary/aromatic N) is 3. The molecular weight excluding hydrogens is 398 g/mol. The van der Waals surface area contributed by atoms with Crippen molar-refractivity contribution in [3.8, 4) is 0 Å². The third-order valence-electron chi connectivity index (χ3n) is 4.72. The average molecular weight is 423 g/mol. The van der Waals surface area contributed by atoms with Gasteiger partial charge in [-0.3, -0.25) is 13.9 Å². The minimum atomic E-state index is -3.74. The van der Waals surface area contributed by atoms with Gasteiger partial charge in [-0.15, -0.1) is 0 Å². The summed E-state index contributed by atoms with van der Waals surface area (Å²) in [5.74, 6) is -0.755. The lowest BCUT2D eigenvalue weighted by atomic mass is 10.1. The highest BCUT2D eigenvalue weighted by atomic mass is 32.2. The first-order valence-electron chi connectivity index (χ1n) is 9.08. The minimum Gasteiger partial charge on any atom is -0.456 e. The van der Waals surface area contributed by atoms with Crippen LogP contribution in [0.3, 0.4) is 0 Å². The predicted octanol–water partition coefficient (Wildman–Crippen LogP) is 0.780. The summed E-state index contributed by atoms with van der Waals surface area (Å²) < 4.78 is 34.3. The summed E-state index contributed by atoms with van der Waals surface area (Å²) in [6.07, 6.45) is 0. The van der Waals surface area contributed by atoms with Crippen LogP contribution in [0.25, 0.3) is 0 Å². The van der Waals surface area contributed by atoms with E-state index in [1.807, 2.05) is 0 Å². The lowest BCUT2D eigenvalue weighted by molar-refractivity contribution is 0.0462. The number of benzene rings is 1. The van der Waals surface area contributed by atoms with E-state index < -0.39 is 27.2 Å². The maximum atomic E-state index is 12.8. The first kappa shape index (κ1) is 22.6. The van der Waals surface area contributed by atoms with Crippen molar-refractivity contribution in [3.63, 3.8) is 0 Å². The average Bonchev–Trinajstić information content (AvgIpc) is 2.68. The number of carbonyl (C=O) groups excluding carboxylic acids is 1. The highest BCUT2D eigenvalue weighted by Gasteiger charge is 2.25. The molecule has 0 radical (unpaired) electrons. The van der Waals surface area contributed by atoms with Crippen molar-refractivity contribution in [2.75, 3.05) is 13.1 Å². The third kappa shape index (κ3) is 4.48. The van der Waals surface area contributed by atoms with Crippen molar-refractivity contribution in [1.82, 2.24) is 13.4 Å². The van der Waals surface area contributed by atoms with Crippen LogP contribution in [0.1, 0.15) is 35.5 Å². The second-order valence-corrected chi connectivity index (χ2v) is 8.43. The van der Waals surface area contributed by atoms with E-state index in [4.69, 9.17) is 4.74 Å². The molecule has 0 N–H and O–H groups in total. The van der Waals surface area contributed by atoms with Crippen molar-refractivity contribution in [2.45, 2.75) is 32.3 Å². The molecule has 0 saturated carbocycles. The van der Waals surface area contributed by atoms with Gasteiger partial charge in [0.2, 0.25) is 10.0 Å². The molecule has 0 atom stereocenters. The van der Waals surface area contributed by atoms with Crippen LogP contribution < -0.4 is 11.2 Å². The van der Waals surface area contributed by atoms with Crippen molar-refractivity contribution in [2.24, 2.45) is 14.1 Å². The van der Waals surface area contributed by atoms with Crippen LogP contribution >= 0.6 is 0 Å². The Labute approximate surface area is 169 Å². The highest BCUT2D eigenvalue weighted by molar-refractivity contribution is 7.89. The summed E-state index contributed by atoms with van der Waals surface area (Å²) in [6, 6.07) is 5.51.